The first-order chi connectivity index (χ1) is 10.1. The SMILES string of the molecule is CC1(C)[C@@H](O)CC[C@@]2(C)[C@H]1CC[C@]13C[C@H](CC[C@@H]12)[C@@](C)(O)C3. The Morgan fingerprint density at radius 2 is 1.59 bits per heavy atom. The van der Waals surface area contributed by atoms with Crippen molar-refractivity contribution in [1.82, 2.24) is 0 Å². The highest BCUT2D eigenvalue weighted by atomic mass is 16.3. The summed E-state index contributed by atoms with van der Waals surface area (Å²) < 4.78 is 0. The maximum absolute atomic E-state index is 10.9. The molecule has 7 atom stereocenters. The summed E-state index contributed by atoms with van der Waals surface area (Å²) in [5.74, 6) is 1.93. The minimum atomic E-state index is -0.429. The Hall–Kier alpha value is -0.0800. The molecule has 4 fully saturated rings. The normalized spacial score (nSPS) is 59.7. The molecule has 4 aliphatic carbocycles. The highest BCUT2D eigenvalue weighted by Crippen LogP contribution is 2.72. The van der Waals surface area contributed by atoms with Gasteiger partial charge in [0.1, 0.15) is 0 Å². The summed E-state index contributed by atoms with van der Waals surface area (Å²) in [5, 5.41) is 21.4. The minimum Gasteiger partial charge on any atom is -0.393 e. The van der Waals surface area contributed by atoms with Crippen molar-refractivity contribution in [3.8, 4) is 0 Å². The quantitative estimate of drug-likeness (QED) is 0.706. The van der Waals surface area contributed by atoms with Crippen molar-refractivity contribution in [3.63, 3.8) is 0 Å². The van der Waals surface area contributed by atoms with Gasteiger partial charge in [-0.25, -0.2) is 0 Å². The van der Waals surface area contributed by atoms with Gasteiger partial charge in [0, 0.05) is 0 Å². The lowest BCUT2D eigenvalue weighted by molar-refractivity contribution is -0.180. The van der Waals surface area contributed by atoms with Crippen molar-refractivity contribution in [3.05, 3.63) is 0 Å². The molecule has 2 N–H and O–H groups in total. The Labute approximate surface area is 135 Å². The third-order valence-electron chi connectivity index (χ3n) is 9.02. The maximum Gasteiger partial charge on any atom is 0.0653 e. The molecule has 2 bridgehead atoms. The number of fused-ring (bicyclic) bond motifs is 3. The van der Waals surface area contributed by atoms with Gasteiger partial charge in [-0.2, -0.15) is 0 Å². The van der Waals surface area contributed by atoms with Gasteiger partial charge in [-0.15, -0.1) is 0 Å². The molecule has 2 heteroatoms. The van der Waals surface area contributed by atoms with E-state index in [4.69, 9.17) is 0 Å². The van der Waals surface area contributed by atoms with Gasteiger partial charge in [-0.3, -0.25) is 0 Å². The van der Waals surface area contributed by atoms with Gasteiger partial charge in [-0.05, 0) is 92.3 Å². The number of aliphatic hydroxyl groups is 2. The van der Waals surface area contributed by atoms with Crippen LogP contribution in [0, 0.1) is 34.0 Å². The second kappa shape index (κ2) is 4.30. The number of aliphatic hydroxyl groups excluding tert-OH is 1. The van der Waals surface area contributed by atoms with E-state index in [2.05, 4.69) is 27.7 Å². The predicted molar refractivity (Wildman–Crippen MR) is 88.4 cm³/mol. The van der Waals surface area contributed by atoms with Gasteiger partial charge < -0.3 is 10.2 Å². The Morgan fingerprint density at radius 3 is 2.32 bits per heavy atom. The van der Waals surface area contributed by atoms with Crippen LogP contribution < -0.4 is 0 Å². The Morgan fingerprint density at radius 1 is 0.864 bits per heavy atom. The van der Waals surface area contributed by atoms with E-state index in [-0.39, 0.29) is 11.5 Å². The van der Waals surface area contributed by atoms with E-state index in [1.807, 2.05) is 0 Å². The van der Waals surface area contributed by atoms with E-state index in [1.54, 1.807) is 0 Å². The molecule has 2 nitrogen and oxygen atoms in total. The molecule has 4 aliphatic rings. The predicted octanol–water partition coefficient (Wildman–Crippen LogP) is 4.14. The number of rotatable bonds is 0. The summed E-state index contributed by atoms with van der Waals surface area (Å²) in [7, 11) is 0. The Balaban J connectivity index is 1.73. The van der Waals surface area contributed by atoms with Gasteiger partial charge in [0.2, 0.25) is 0 Å². The van der Waals surface area contributed by atoms with Crippen molar-refractivity contribution < 1.29 is 10.2 Å². The first-order valence-corrected chi connectivity index (χ1v) is 9.52. The third kappa shape index (κ3) is 1.75. The molecule has 0 amide bonds. The molecule has 0 aliphatic heterocycles. The molecule has 0 unspecified atom stereocenters. The van der Waals surface area contributed by atoms with Gasteiger partial charge in [0.15, 0.2) is 0 Å². The lowest BCUT2D eigenvalue weighted by Crippen LogP contribution is -2.59. The summed E-state index contributed by atoms with van der Waals surface area (Å²) in [5.41, 5.74) is 0.386. The summed E-state index contributed by atoms with van der Waals surface area (Å²) in [6, 6.07) is 0. The fourth-order valence-corrected chi connectivity index (χ4v) is 8.01. The molecule has 0 aromatic heterocycles. The van der Waals surface area contributed by atoms with E-state index in [0.717, 1.165) is 18.8 Å². The lowest BCUT2D eigenvalue weighted by atomic mass is 9.41. The minimum absolute atomic E-state index is 0.0482. The smallest absolute Gasteiger partial charge is 0.0653 e. The van der Waals surface area contributed by atoms with Gasteiger partial charge in [0.25, 0.3) is 0 Å². The third-order valence-corrected chi connectivity index (χ3v) is 9.02. The van der Waals surface area contributed by atoms with Crippen molar-refractivity contribution in [2.24, 2.45) is 34.0 Å². The van der Waals surface area contributed by atoms with Crippen LogP contribution in [0.4, 0.5) is 0 Å². The number of hydrogen-bond donors (Lipinski definition) is 2. The van der Waals surface area contributed by atoms with Gasteiger partial charge in [-0.1, -0.05) is 20.8 Å². The molecule has 126 valence electrons. The molecular formula is C20H34O2. The van der Waals surface area contributed by atoms with Crippen molar-refractivity contribution >= 4 is 0 Å². The highest BCUT2D eigenvalue weighted by Gasteiger charge is 2.66. The van der Waals surface area contributed by atoms with Crippen LogP contribution in [0.15, 0.2) is 0 Å². The molecular weight excluding hydrogens is 272 g/mol. The zero-order chi connectivity index (χ0) is 16.0. The van der Waals surface area contributed by atoms with E-state index < -0.39 is 5.60 Å². The van der Waals surface area contributed by atoms with Crippen LogP contribution in [-0.2, 0) is 0 Å². The van der Waals surface area contributed by atoms with Crippen LogP contribution in [0.5, 0.6) is 0 Å². The monoisotopic (exact) mass is 306 g/mol. The van der Waals surface area contributed by atoms with Gasteiger partial charge >= 0.3 is 0 Å². The van der Waals surface area contributed by atoms with E-state index in [1.165, 1.54) is 38.5 Å². The summed E-state index contributed by atoms with van der Waals surface area (Å²) in [6.45, 7) is 9.23. The number of hydrogen-bond acceptors (Lipinski definition) is 2. The van der Waals surface area contributed by atoms with Crippen molar-refractivity contribution in [1.29, 1.82) is 0 Å². The van der Waals surface area contributed by atoms with E-state index in [9.17, 15) is 10.2 Å². The maximum atomic E-state index is 10.9. The zero-order valence-corrected chi connectivity index (χ0v) is 14.9. The van der Waals surface area contributed by atoms with Crippen LogP contribution in [0.1, 0.15) is 79.1 Å². The second-order valence-electron chi connectivity index (χ2n) is 10.4. The fourth-order valence-electron chi connectivity index (χ4n) is 8.01. The molecule has 4 saturated carbocycles. The molecule has 4 rings (SSSR count). The van der Waals surface area contributed by atoms with E-state index >= 15 is 0 Å². The van der Waals surface area contributed by atoms with Crippen LogP contribution in [0.25, 0.3) is 0 Å². The van der Waals surface area contributed by atoms with Crippen LogP contribution in [-0.4, -0.2) is 21.9 Å². The highest BCUT2D eigenvalue weighted by molar-refractivity contribution is 5.16. The second-order valence-corrected chi connectivity index (χ2v) is 10.4. The first-order valence-electron chi connectivity index (χ1n) is 9.52. The topological polar surface area (TPSA) is 40.5 Å². The first kappa shape index (κ1) is 15.4. The van der Waals surface area contributed by atoms with E-state index in [0.29, 0.717) is 22.7 Å². The summed E-state index contributed by atoms with van der Waals surface area (Å²) in [6.07, 6.45) is 9.35. The zero-order valence-electron chi connectivity index (χ0n) is 14.9. The van der Waals surface area contributed by atoms with Crippen LogP contribution >= 0.6 is 0 Å². The average molecular weight is 306 g/mol. The standard InChI is InChI=1S/C20H34O2/c1-17(2)14-7-10-20-11-13(19(4,22)12-20)5-6-15(20)18(14,3)9-8-16(17)21/h13-16,21-22H,5-12H2,1-4H3/t13-,14-,15+,16-,18-,19-,20+/m0/s1. The average Bonchev–Trinajstić information content (AvgIpc) is 2.60. The molecule has 0 aromatic carbocycles. The van der Waals surface area contributed by atoms with Crippen LogP contribution in [0.2, 0.25) is 0 Å². The molecule has 22 heavy (non-hydrogen) atoms. The fraction of sp³-hybridized carbons (Fsp3) is 1.00. The Bertz CT molecular complexity index is 482. The largest absolute Gasteiger partial charge is 0.393 e. The summed E-state index contributed by atoms with van der Waals surface area (Å²) >= 11 is 0. The molecule has 0 saturated heterocycles. The van der Waals surface area contributed by atoms with Crippen molar-refractivity contribution in [2.75, 3.05) is 0 Å². The lowest BCUT2D eigenvalue weighted by Gasteiger charge is -2.64. The van der Waals surface area contributed by atoms with Crippen LogP contribution in [0.3, 0.4) is 0 Å². The molecule has 0 heterocycles. The molecule has 0 radical (unpaired) electrons. The molecule has 1 spiro atoms. The molecule has 0 aromatic rings. The van der Waals surface area contributed by atoms with Crippen molar-refractivity contribution in [2.45, 2.75) is 90.8 Å². The van der Waals surface area contributed by atoms with Gasteiger partial charge in [0.05, 0.1) is 11.7 Å². The summed E-state index contributed by atoms with van der Waals surface area (Å²) in [4.78, 5) is 0. The Kier molecular flexibility index (Phi) is 3.02.